The molecule has 1 saturated carbocycles. The van der Waals surface area contributed by atoms with Crippen LogP contribution in [0.4, 0.5) is 0 Å². The van der Waals surface area contributed by atoms with Crippen molar-refractivity contribution in [2.24, 2.45) is 11.8 Å². The zero-order valence-electron chi connectivity index (χ0n) is 4.72. The summed E-state index contributed by atoms with van der Waals surface area (Å²) < 4.78 is 0. The van der Waals surface area contributed by atoms with Crippen LogP contribution >= 0.6 is 0 Å². The van der Waals surface area contributed by atoms with E-state index in [4.69, 9.17) is 0 Å². The molecule has 0 amide bonds. The minimum atomic E-state index is 1.12. The van der Waals surface area contributed by atoms with Gasteiger partial charge in [-0.05, 0) is 25.3 Å². The molecule has 40 valence electrons. The lowest BCUT2D eigenvalue weighted by molar-refractivity contribution is 0.373. The smallest absolute Gasteiger partial charge is 0.000997 e. The fourth-order valence-corrected chi connectivity index (χ4v) is 1.63. The summed E-state index contributed by atoms with van der Waals surface area (Å²) >= 11 is 0. The van der Waals surface area contributed by atoms with Crippen molar-refractivity contribution in [2.75, 3.05) is 20.1 Å². The van der Waals surface area contributed by atoms with E-state index in [1.54, 1.807) is 0 Å². The molecule has 1 aliphatic carbocycles. The molecule has 0 radical (unpaired) electrons. The Bertz CT molecular complexity index is 80.2. The summed E-state index contributed by atoms with van der Waals surface area (Å²) in [4.78, 5) is 2.43. The third kappa shape index (κ3) is 0.480. The second-order valence-corrected chi connectivity index (χ2v) is 2.98. The molecule has 2 atom stereocenters. The predicted molar refractivity (Wildman–Crippen MR) is 29.1 cm³/mol. The SMILES string of the molecule is CN1CC2C[C@H]2C1. The fourth-order valence-electron chi connectivity index (χ4n) is 1.63. The highest BCUT2D eigenvalue weighted by atomic mass is 15.1. The highest BCUT2D eigenvalue weighted by Crippen LogP contribution is 2.43. The van der Waals surface area contributed by atoms with Crippen LogP contribution in [0.1, 0.15) is 6.42 Å². The quantitative estimate of drug-likeness (QED) is 0.427. The topological polar surface area (TPSA) is 3.24 Å². The Labute approximate surface area is 44.3 Å². The largest absolute Gasteiger partial charge is 0.306 e. The monoisotopic (exact) mass is 97.1 g/mol. The normalized spacial score (nSPS) is 49.3. The standard InChI is InChI=1S/C6H11N/c1-7-3-5-2-6(5)4-7/h5-6H,2-4H2,1H3/t5-,6?/m0/s1. The first-order chi connectivity index (χ1) is 3.36. The van der Waals surface area contributed by atoms with Gasteiger partial charge in [0, 0.05) is 13.1 Å². The Kier molecular flexibility index (Phi) is 0.571. The maximum atomic E-state index is 2.43. The third-order valence-corrected chi connectivity index (χ3v) is 2.16. The molecule has 2 fully saturated rings. The number of fused-ring (bicyclic) bond motifs is 1. The summed E-state index contributed by atoms with van der Waals surface area (Å²) in [5.74, 6) is 2.23. The van der Waals surface area contributed by atoms with Crippen molar-refractivity contribution in [1.29, 1.82) is 0 Å². The first-order valence-electron chi connectivity index (χ1n) is 3.05. The zero-order chi connectivity index (χ0) is 4.85. The van der Waals surface area contributed by atoms with Gasteiger partial charge in [0.25, 0.3) is 0 Å². The molecule has 0 spiro atoms. The molecule has 2 rings (SSSR count). The molecular formula is C6H11N. The first-order valence-corrected chi connectivity index (χ1v) is 3.05. The van der Waals surface area contributed by atoms with E-state index in [9.17, 15) is 0 Å². The van der Waals surface area contributed by atoms with Gasteiger partial charge in [-0.15, -0.1) is 0 Å². The molecule has 0 N–H and O–H groups in total. The van der Waals surface area contributed by atoms with Crippen LogP contribution in [0.15, 0.2) is 0 Å². The van der Waals surface area contributed by atoms with E-state index in [-0.39, 0.29) is 0 Å². The van der Waals surface area contributed by atoms with Gasteiger partial charge < -0.3 is 4.90 Å². The molecule has 0 aromatic heterocycles. The molecular weight excluding hydrogens is 86.1 g/mol. The number of piperidine rings is 1. The van der Waals surface area contributed by atoms with Gasteiger partial charge in [0.15, 0.2) is 0 Å². The summed E-state index contributed by atoms with van der Waals surface area (Å²) in [5.41, 5.74) is 0. The van der Waals surface area contributed by atoms with Crippen LogP contribution in [0.25, 0.3) is 0 Å². The van der Waals surface area contributed by atoms with Crippen molar-refractivity contribution in [1.82, 2.24) is 4.90 Å². The van der Waals surface area contributed by atoms with Gasteiger partial charge in [-0.1, -0.05) is 0 Å². The Morgan fingerprint density at radius 1 is 1.29 bits per heavy atom. The maximum Gasteiger partial charge on any atom is 0.000997 e. The van der Waals surface area contributed by atoms with Crippen LogP contribution in [0.5, 0.6) is 0 Å². The van der Waals surface area contributed by atoms with Crippen molar-refractivity contribution < 1.29 is 0 Å². The highest BCUT2D eigenvalue weighted by Gasteiger charge is 2.43. The number of hydrogen-bond donors (Lipinski definition) is 0. The Morgan fingerprint density at radius 3 is 2.14 bits per heavy atom. The van der Waals surface area contributed by atoms with Gasteiger partial charge in [0.1, 0.15) is 0 Å². The Morgan fingerprint density at radius 2 is 1.86 bits per heavy atom. The van der Waals surface area contributed by atoms with Gasteiger partial charge in [0.2, 0.25) is 0 Å². The predicted octanol–water partition coefficient (Wildman–Crippen LogP) is 0.568. The van der Waals surface area contributed by atoms with Gasteiger partial charge in [-0.2, -0.15) is 0 Å². The molecule has 0 aromatic rings. The number of nitrogens with zero attached hydrogens (tertiary/aromatic N) is 1. The molecule has 1 aliphatic heterocycles. The molecule has 1 heteroatoms. The van der Waals surface area contributed by atoms with E-state index < -0.39 is 0 Å². The van der Waals surface area contributed by atoms with Gasteiger partial charge in [0.05, 0.1) is 0 Å². The van der Waals surface area contributed by atoms with Crippen molar-refractivity contribution in [2.45, 2.75) is 6.42 Å². The lowest BCUT2D eigenvalue weighted by Crippen LogP contribution is -2.15. The highest BCUT2D eigenvalue weighted by molar-refractivity contribution is 4.95. The first kappa shape index (κ1) is 3.90. The van der Waals surface area contributed by atoms with E-state index in [0.29, 0.717) is 0 Å². The molecule has 0 bridgehead atoms. The van der Waals surface area contributed by atoms with Gasteiger partial charge >= 0.3 is 0 Å². The average molecular weight is 97.2 g/mol. The lowest BCUT2D eigenvalue weighted by atomic mass is 10.4. The summed E-state index contributed by atoms with van der Waals surface area (Å²) in [5, 5.41) is 0. The summed E-state index contributed by atoms with van der Waals surface area (Å²) in [7, 11) is 2.21. The minimum absolute atomic E-state index is 1.12. The minimum Gasteiger partial charge on any atom is -0.306 e. The zero-order valence-corrected chi connectivity index (χ0v) is 4.72. The number of likely N-dealkylation sites (tertiary alicyclic amines) is 1. The molecule has 1 unspecified atom stereocenters. The van der Waals surface area contributed by atoms with Crippen LogP contribution in [-0.4, -0.2) is 25.0 Å². The maximum absolute atomic E-state index is 2.43. The van der Waals surface area contributed by atoms with E-state index in [0.717, 1.165) is 11.8 Å². The van der Waals surface area contributed by atoms with Gasteiger partial charge in [-0.3, -0.25) is 0 Å². The van der Waals surface area contributed by atoms with Crippen LogP contribution in [0.3, 0.4) is 0 Å². The summed E-state index contributed by atoms with van der Waals surface area (Å²) in [6.45, 7) is 2.76. The van der Waals surface area contributed by atoms with E-state index in [1.165, 1.54) is 19.5 Å². The molecule has 0 aromatic carbocycles. The Hall–Kier alpha value is -0.0400. The van der Waals surface area contributed by atoms with Crippen molar-refractivity contribution >= 4 is 0 Å². The number of hydrogen-bond acceptors (Lipinski definition) is 1. The van der Waals surface area contributed by atoms with Crippen molar-refractivity contribution in [3.05, 3.63) is 0 Å². The lowest BCUT2D eigenvalue weighted by Gasteiger charge is -2.06. The second-order valence-electron chi connectivity index (χ2n) is 2.98. The van der Waals surface area contributed by atoms with Crippen LogP contribution < -0.4 is 0 Å². The van der Waals surface area contributed by atoms with E-state index in [1.807, 2.05) is 0 Å². The van der Waals surface area contributed by atoms with Crippen LogP contribution in [-0.2, 0) is 0 Å². The van der Waals surface area contributed by atoms with Crippen molar-refractivity contribution in [3.63, 3.8) is 0 Å². The van der Waals surface area contributed by atoms with Crippen molar-refractivity contribution in [3.8, 4) is 0 Å². The summed E-state index contributed by atoms with van der Waals surface area (Å²) in [6, 6.07) is 0. The van der Waals surface area contributed by atoms with Gasteiger partial charge in [-0.25, -0.2) is 0 Å². The average Bonchev–Trinajstić information content (AvgIpc) is 2.15. The number of rotatable bonds is 0. The summed E-state index contributed by atoms with van der Waals surface area (Å²) in [6.07, 6.45) is 1.53. The third-order valence-electron chi connectivity index (χ3n) is 2.16. The second kappa shape index (κ2) is 1.03. The molecule has 1 saturated heterocycles. The molecule has 1 nitrogen and oxygen atoms in total. The Balaban J connectivity index is 2.02. The fraction of sp³-hybridized carbons (Fsp3) is 1.00. The molecule has 1 heterocycles. The molecule has 7 heavy (non-hydrogen) atoms. The van der Waals surface area contributed by atoms with Crippen LogP contribution in [0, 0.1) is 11.8 Å². The van der Waals surface area contributed by atoms with Crippen LogP contribution in [0.2, 0.25) is 0 Å². The molecule has 2 aliphatic rings. The van der Waals surface area contributed by atoms with E-state index in [2.05, 4.69) is 11.9 Å². The van der Waals surface area contributed by atoms with E-state index >= 15 is 0 Å².